The number of piperidine rings is 1. The van der Waals surface area contributed by atoms with Crippen LogP contribution in [-0.2, 0) is 21.7 Å². The first-order valence-electron chi connectivity index (χ1n) is 10.6. The van der Waals surface area contributed by atoms with Crippen molar-refractivity contribution in [3.8, 4) is 0 Å². The fourth-order valence-corrected chi connectivity index (χ4v) is 4.10. The lowest BCUT2D eigenvalue weighted by molar-refractivity contribution is -0.171. The molecule has 0 saturated carbocycles. The van der Waals surface area contributed by atoms with Crippen LogP contribution in [0, 0.1) is 11.7 Å². The van der Waals surface area contributed by atoms with Gasteiger partial charge >= 0.3 is 6.03 Å². The Morgan fingerprint density at radius 3 is 2.65 bits per heavy atom. The number of likely N-dealkylation sites (tertiary alicyclic amines) is 1. The molecule has 1 atom stereocenters. The van der Waals surface area contributed by atoms with Gasteiger partial charge in [0.2, 0.25) is 0 Å². The summed E-state index contributed by atoms with van der Waals surface area (Å²) < 4.78 is 21.4. The van der Waals surface area contributed by atoms with Crippen LogP contribution in [0.5, 0.6) is 0 Å². The van der Waals surface area contributed by atoms with E-state index in [4.69, 9.17) is 4.74 Å². The van der Waals surface area contributed by atoms with Gasteiger partial charge < -0.3 is 24.8 Å². The smallest absolute Gasteiger partial charge is 0.321 e. The largest absolute Gasteiger partial charge is 0.354 e. The number of ether oxygens (including phenoxy) is 1. The number of nitrogens with zero attached hydrogens (tertiary/aromatic N) is 3. The van der Waals surface area contributed by atoms with Crippen LogP contribution in [0.1, 0.15) is 32.5 Å². The SMILES string of the molecule is CC(C)CNC(=O)[C@@H]1Cn2ccnc2C2(CCN(C(=O)Nc3ccc(F)cc3)CC2)O1. The lowest BCUT2D eigenvalue weighted by Gasteiger charge is -2.45. The monoisotopic (exact) mass is 429 g/mol. The van der Waals surface area contributed by atoms with Gasteiger partial charge in [-0.1, -0.05) is 13.8 Å². The highest BCUT2D eigenvalue weighted by atomic mass is 19.1. The molecule has 3 amide bonds. The number of urea groups is 1. The average molecular weight is 429 g/mol. The molecule has 0 aliphatic carbocycles. The number of halogens is 1. The Balaban J connectivity index is 1.43. The Morgan fingerprint density at radius 1 is 1.26 bits per heavy atom. The topological polar surface area (TPSA) is 88.5 Å². The van der Waals surface area contributed by atoms with E-state index >= 15 is 0 Å². The first-order chi connectivity index (χ1) is 14.9. The number of benzene rings is 1. The predicted octanol–water partition coefficient (Wildman–Crippen LogP) is 2.72. The minimum atomic E-state index is -0.700. The molecule has 0 bridgehead atoms. The van der Waals surface area contributed by atoms with E-state index in [1.54, 1.807) is 11.1 Å². The van der Waals surface area contributed by atoms with Crippen molar-refractivity contribution in [2.24, 2.45) is 5.92 Å². The maximum absolute atomic E-state index is 13.1. The van der Waals surface area contributed by atoms with E-state index in [9.17, 15) is 14.0 Å². The van der Waals surface area contributed by atoms with Gasteiger partial charge in [0.1, 0.15) is 17.2 Å². The van der Waals surface area contributed by atoms with Crippen LogP contribution >= 0.6 is 0 Å². The maximum Gasteiger partial charge on any atom is 0.321 e. The van der Waals surface area contributed by atoms with Crippen LogP contribution in [0.25, 0.3) is 0 Å². The normalized spacial score (nSPS) is 19.9. The Labute approximate surface area is 180 Å². The molecule has 166 valence electrons. The Bertz CT molecular complexity index is 935. The van der Waals surface area contributed by atoms with Gasteiger partial charge in [-0.3, -0.25) is 4.79 Å². The number of aromatic nitrogens is 2. The molecule has 4 rings (SSSR count). The van der Waals surface area contributed by atoms with E-state index < -0.39 is 11.7 Å². The molecule has 2 N–H and O–H groups in total. The highest BCUT2D eigenvalue weighted by Gasteiger charge is 2.47. The van der Waals surface area contributed by atoms with E-state index in [1.807, 2.05) is 24.6 Å². The van der Waals surface area contributed by atoms with Crippen LogP contribution < -0.4 is 10.6 Å². The zero-order valence-corrected chi connectivity index (χ0v) is 17.8. The highest BCUT2D eigenvalue weighted by Crippen LogP contribution is 2.40. The van der Waals surface area contributed by atoms with E-state index in [1.165, 1.54) is 24.3 Å². The summed E-state index contributed by atoms with van der Waals surface area (Å²) in [6.45, 7) is 6.03. The van der Waals surface area contributed by atoms with Crippen molar-refractivity contribution in [3.05, 3.63) is 48.3 Å². The summed E-state index contributed by atoms with van der Waals surface area (Å²) in [6, 6.07) is 5.43. The van der Waals surface area contributed by atoms with Crippen LogP contribution in [0.2, 0.25) is 0 Å². The second-order valence-electron chi connectivity index (χ2n) is 8.57. The van der Waals surface area contributed by atoms with Crippen LogP contribution in [-0.4, -0.2) is 52.1 Å². The van der Waals surface area contributed by atoms with E-state index in [2.05, 4.69) is 15.6 Å². The fraction of sp³-hybridized carbons (Fsp3) is 0.500. The third-order valence-corrected chi connectivity index (χ3v) is 5.78. The lowest BCUT2D eigenvalue weighted by atomic mass is 9.88. The number of nitrogens with one attached hydrogen (secondary N) is 2. The number of hydrogen-bond acceptors (Lipinski definition) is 4. The van der Waals surface area contributed by atoms with Crippen molar-refractivity contribution in [2.75, 3.05) is 25.0 Å². The zero-order valence-electron chi connectivity index (χ0n) is 17.8. The van der Waals surface area contributed by atoms with Gasteiger partial charge in [-0.2, -0.15) is 0 Å². The Kier molecular flexibility index (Phi) is 5.95. The summed E-state index contributed by atoms with van der Waals surface area (Å²) in [5.41, 5.74) is -0.160. The molecule has 0 radical (unpaired) electrons. The Hall–Kier alpha value is -2.94. The predicted molar refractivity (Wildman–Crippen MR) is 113 cm³/mol. The molecule has 2 aliphatic heterocycles. The van der Waals surface area contributed by atoms with Gasteiger partial charge in [0, 0.05) is 50.6 Å². The molecule has 3 heterocycles. The standard InChI is InChI=1S/C22H28FN5O3/c1-15(2)13-25-19(29)18-14-28-12-9-24-20(28)22(31-18)7-10-27(11-8-22)21(30)26-17-5-3-16(23)4-6-17/h3-6,9,12,15,18H,7-8,10-11,13-14H2,1-2H3,(H,25,29)(H,26,30)/t18-/m0/s1. The molecule has 1 fully saturated rings. The second kappa shape index (κ2) is 8.66. The summed E-state index contributed by atoms with van der Waals surface area (Å²) in [5, 5.41) is 5.75. The molecule has 1 aromatic carbocycles. The number of fused-ring (bicyclic) bond motifs is 2. The maximum atomic E-state index is 13.1. The van der Waals surface area contributed by atoms with E-state index in [0.29, 0.717) is 50.6 Å². The van der Waals surface area contributed by atoms with Crippen molar-refractivity contribution >= 4 is 17.6 Å². The van der Waals surface area contributed by atoms with Crippen molar-refractivity contribution < 1.29 is 18.7 Å². The third kappa shape index (κ3) is 4.56. The second-order valence-corrected chi connectivity index (χ2v) is 8.57. The summed E-state index contributed by atoms with van der Waals surface area (Å²) in [7, 11) is 0. The van der Waals surface area contributed by atoms with Gasteiger partial charge in [0.05, 0.1) is 6.54 Å². The summed E-state index contributed by atoms with van der Waals surface area (Å²) in [4.78, 5) is 31.5. The molecular formula is C22H28FN5O3. The minimum absolute atomic E-state index is 0.121. The highest BCUT2D eigenvalue weighted by molar-refractivity contribution is 5.89. The summed E-state index contributed by atoms with van der Waals surface area (Å²) >= 11 is 0. The van der Waals surface area contributed by atoms with Crippen LogP contribution in [0.15, 0.2) is 36.7 Å². The van der Waals surface area contributed by atoms with Gasteiger partial charge in [-0.15, -0.1) is 0 Å². The van der Waals surface area contributed by atoms with Crippen LogP contribution in [0.4, 0.5) is 14.9 Å². The van der Waals surface area contributed by atoms with Crippen LogP contribution in [0.3, 0.4) is 0 Å². The number of imidazole rings is 1. The third-order valence-electron chi connectivity index (χ3n) is 5.78. The first kappa shape index (κ1) is 21.3. The van der Waals surface area contributed by atoms with Gasteiger partial charge in [0.15, 0.2) is 6.10 Å². The average Bonchev–Trinajstić information content (AvgIpc) is 3.24. The summed E-state index contributed by atoms with van der Waals surface area (Å²) in [6.07, 6.45) is 4.07. The number of anilines is 1. The molecular weight excluding hydrogens is 401 g/mol. The number of carbonyl (C=O) groups is 2. The number of amides is 3. The Morgan fingerprint density at radius 2 is 1.97 bits per heavy atom. The first-order valence-corrected chi connectivity index (χ1v) is 10.6. The van der Waals surface area contributed by atoms with Gasteiger partial charge in [-0.25, -0.2) is 14.2 Å². The van der Waals surface area contributed by atoms with Crippen molar-refractivity contribution in [1.29, 1.82) is 0 Å². The molecule has 8 nitrogen and oxygen atoms in total. The van der Waals surface area contributed by atoms with Gasteiger partial charge in [0.25, 0.3) is 5.91 Å². The van der Waals surface area contributed by atoms with E-state index in [-0.39, 0.29) is 17.8 Å². The van der Waals surface area contributed by atoms with E-state index in [0.717, 1.165) is 5.82 Å². The summed E-state index contributed by atoms with van der Waals surface area (Å²) in [5.74, 6) is 0.686. The zero-order chi connectivity index (χ0) is 22.0. The minimum Gasteiger partial charge on any atom is -0.354 e. The lowest BCUT2D eigenvalue weighted by Crippen LogP contribution is -2.55. The molecule has 31 heavy (non-hydrogen) atoms. The molecule has 2 aliphatic rings. The fourth-order valence-electron chi connectivity index (χ4n) is 4.10. The molecule has 2 aromatic rings. The molecule has 1 spiro atoms. The number of rotatable bonds is 4. The van der Waals surface area contributed by atoms with Crippen molar-refractivity contribution in [3.63, 3.8) is 0 Å². The van der Waals surface area contributed by atoms with Crippen molar-refractivity contribution in [2.45, 2.75) is 44.9 Å². The van der Waals surface area contributed by atoms with Gasteiger partial charge in [-0.05, 0) is 30.2 Å². The van der Waals surface area contributed by atoms with Crippen molar-refractivity contribution in [1.82, 2.24) is 19.8 Å². The molecule has 1 saturated heterocycles. The molecule has 1 aromatic heterocycles. The number of hydrogen-bond donors (Lipinski definition) is 2. The molecule has 0 unspecified atom stereocenters. The number of carbonyl (C=O) groups excluding carboxylic acids is 2. The quantitative estimate of drug-likeness (QED) is 0.782. The molecule has 9 heteroatoms.